The Bertz CT molecular complexity index is 1060. The van der Waals surface area contributed by atoms with E-state index in [-0.39, 0.29) is 37.4 Å². The van der Waals surface area contributed by atoms with Crippen LogP contribution in [0.2, 0.25) is 0 Å². The Morgan fingerprint density at radius 1 is 1.06 bits per heavy atom. The molecule has 12 heteroatoms. The first-order valence-electron chi connectivity index (χ1n) is 17.2. The molecule has 0 amide bonds. The van der Waals surface area contributed by atoms with Gasteiger partial charge in [0.2, 0.25) is 5.79 Å². The van der Waals surface area contributed by atoms with Crippen molar-refractivity contribution in [2.75, 3.05) is 33.5 Å². The van der Waals surface area contributed by atoms with Gasteiger partial charge in [0.15, 0.2) is 12.4 Å². The number of methoxy groups -OCH3 is 1. The Balaban J connectivity index is 1.98. The number of aliphatic hydroxyl groups is 2. The van der Waals surface area contributed by atoms with Crippen LogP contribution in [0.5, 0.6) is 0 Å². The molecule has 3 heterocycles. The standard InChI is InChI=1S/C35H56O12/c1-5-6-7-8-9-12-30(38)46-33-25(22-31(39)41-4)21-27-23-28(24-36)44-29(37)13-10-11-18-42-19-15-26-16-20-43-32(45-26)14-17-34(2,3)35(33,40)47-27/h14,17,22,26-28,32-33,36,40H,5-13,15-16,18-21,23-24H2,1-4H3/b17-14+,25-22+/t26-,27+,28-,32+,33+,35-/m1/s1. The zero-order chi connectivity index (χ0) is 34.3. The molecule has 268 valence electrons. The van der Waals surface area contributed by atoms with Crippen molar-refractivity contribution in [2.45, 2.75) is 141 Å². The highest BCUT2D eigenvalue weighted by Crippen LogP contribution is 2.46. The van der Waals surface area contributed by atoms with E-state index in [4.69, 9.17) is 33.2 Å². The second-order valence-corrected chi connectivity index (χ2v) is 13.2. The fourth-order valence-electron chi connectivity index (χ4n) is 6.02. The molecule has 4 bridgehead atoms. The average Bonchev–Trinajstić information content (AvgIpc) is 3.04. The second kappa shape index (κ2) is 19.6. The smallest absolute Gasteiger partial charge is 0.330 e. The number of ether oxygens (including phenoxy) is 7. The molecule has 2 N–H and O–H groups in total. The lowest BCUT2D eigenvalue weighted by Gasteiger charge is -2.51. The summed E-state index contributed by atoms with van der Waals surface area (Å²) >= 11 is 0. The van der Waals surface area contributed by atoms with Gasteiger partial charge in [-0.15, -0.1) is 0 Å². The topological polar surface area (TPSA) is 156 Å². The third kappa shape index (κ3) is 12.2. The molecule has 2 saturated heterocycles. The summed E-state index contributed by atoms with van der Waals surface area (Å²) in [5.74, 6) is -3.89. The summed E-state index contributed by atoms with van der Waals surface area (Å²) < 4.78 is 40.6. The van der Waals surface area contributed by atoms with Crippen molar-refractivity contribution < 1.29 is 57.8 Å². The minimum absolute atomic E-state index is 0.0145. The van der Waals surface area contributed by atoms with Gasteiger partial charge < -0.3 is 43.4 Å². The summed E-state index contributed by atoms with van der Waals surface area (Å²) in [6.45, 7) is 6.57. The van der Waals surface area contributed by atoms with Crippen LogP contribution in [-0.4, -0.2) is 98.2 Å². The van der Waals surface area contributed by atoms with Crippen molar-refractivity contribution in [1.29, 1.82) is 0 Å². The number of aliphatic hydroxyl groups excluding tert-OH is 1. The molecule has 6 atom stereocenters. The highest BCUT2D eigenvalue weighted by molar-refractivity contribution is 5.83. The zero-order valence-electron chi connectivity index (χ0n) is 28.6. The predicted octanol–water partition coefficient (Wildman–Crippen LogP) is 4.43. The molecular weight excluding hydrogens is 612 g/mol. The normalized spacial score (nSPS) is 32.5. The number of unbranched alkanes of at least 4 members (excludes halogenated alkanes) is 4. The van der Waals surface area contributed by atoms with E-state index >= 15 is 0 Å². The molecule has 3 aliphatic heterocycles. The van der Waals surface area contributed by atoms with Gasteiger partial charge in [-0.1, -0.05) is 52.5 Å². The quantitative estimate of drug-likeness (QED) is 0.117. The SMILES string of the molecule is CCCCCCCC(=O)O[C@H]1/C(=C/C(=O)OC)C[C@H]2C[C@H](CO)OC(=O)CCCCOCC[C@@H]3CCO[C@H](/C=C/C(C)(C)[C@]1(O)O2)O3. The number of rotatable bonds is 9. The fourth-order valence-corrected chi connectivity index (χ4v) is 6.02. The third-order valence-electron chi connectivity index (χ3n) is 8.91. The fraction of sp³-hybridized carbons (Fsp3) is 0.800. The highest BCUT2D eigenvalue weighted by Gasteiger charge is 2.57. The molecule has 47 heavy (non-hydrogen) atoms. The summed E-state index contributed by atoms with van der Waals surface area (Å²) in [5.41, 5.74) is -0.964. The first-order chi connectivity index (χ1) is 22.5. The summed E-state index contributed by atoms with van der Waals surface area (Å²) in [6, 6.07) is 0. The molecular formula is C35H56O12. The van der Waals surface area contributed by atoms with Crippen LogP contribution in [0.15, 0.2) is 23.8 Å². The van der Waals surface area contributed by atoms with Gasteiger partial charge in [-0.2, -0.15) is 0 Å². The van der Waals surface area contributed by atoms with Crippen LogP contribution in [0.4, 0.5) is 0 Å². The Morgan fingerprint density at radius 2 is 1.83 bits per heavy atom. The molecule has 3 rings (SSSR count). The number of fused-ring (bicyclic) bond motifs is 4. The Hall–Kier alpha value is -2.35. The van der Waals surface area contributed by atoms with Crippen LogP contribution in [0.3, 0.4) is 0 Å². The summed E-state index contributed by atoms with van der Waals surface area (Å²) in [6.07, 6.45) is 8.31. The van der Waals surface area contributed by atoms with Crippen LogP contribution in [0.25, 0.3) is 0 Å². The van der Waals surface area contributed by atoms with Crippen molar-refractivity contribution in [3.63, 3.8) is 0 Å². The zero-order valence-corrected chi connectivity index (χ0v) is 28.6. The predicted molar refractivity (Wildman–Crippen MR) is 171 cm³/mol. The van der Waals surface area contributed by atoms with Gasteiger partial charge in [-0.25, -0.2) is 4.79 Å². The van der Waals surface area contributed by atoms with Gasteiger partial charge in [0, 0.05) is 44.0 Å². The number of hydrogen-bond donors (Lipinski definition) is 2. The van der Waals surface area contributed by atoms with Gasteiger partial charge in [-0.05, 0) is 50.2 Å². The lowest BCUT2D eigenvalue weighted by Crippen LogP contribution is -2.62. The van der Waals surface area contributed by atoms with Crippen molar-refractivity contribution in [2.24, 2.45) is 5.41 Å². The van der Waals surface area contributed by atoms with Crippen molar-refractivity contribution in [3.05, 3.63) is 23.8 Å². The van der Waals surface area contributed by atoms with Gasteiger partial charge in [0.1, 0.15) is 6.10 Å². The molecule has 0 unspecified atom stereocenters. The molecule has 0 aliphatic carbocycles. The van der Waals surface area contributed by atoms with Crippen LogP contribution in [0, 0.1) is 5.41 Å². The first kappa shape index (κ1) is 39.1. The van der Waals surface area contributed by atoms with Gasteiger partial charge >= 0.3 is 17.9 Å². The lowest BCUT2D eigenvalue weighted by molar-refractivity contribution is -0.327. The molecule has 12 nitrogen and oxygen atoms in total. The van der Waals surface area contributed by atoms with Crippen molar-refractivity contribution >= 4 is 17.9 Å². The van der Waals surface area contributed by atoms with Crippen LogP contribution in [-0.2, 0) is 47.5 Å². The molecule has 0 aromatic carbocycles. The molecule has 2 fully saturated rings. The molecule has 0 saturated carbocycles. The highest BCUT2D eigenvalue weighted by atomic mass is 16.7. The van der Waals surface area contributed by atoms with E-state index in [1.807, 2.05) is 0 Å². The number of carbonyl (C=O) groups is 3. The number of esters is 3. The van der Waals surface area contributed by atoms with E-state index in [2.05, 4.69) is 6.92 Å². The Morgan fingerprint density at radius 3 is 2.57 bits per heavy atom. The monoisotopic (exact) mass is 668 g/mol. The lowest BCUT2D eigenvalue weighted by atomic mass is 9.74. The van der Waals surface area contributed by atoms with E-state index in [0.717, 1.165) is 25.7 Å². The molecule has 0 aromatic rings. The first-order valence-corrected chi connectivity index (χ1v) is 17.2. The number of hydrogen-bond acceptors (Lipinski definition) is 12. The van der Waals surface area contributed by atoms with Crippen LogP contribution in [0.1, 0.15) is 104 Å². The largest absolute Gasteiger partial charge is 0.466 e. The minimum atomic E-state index is -2.20. The van der Waals surface area contributed by atoms with Crippen LogP contribution < -0.4 is 0 Å². The minimum Gasteiger partial charge on any atom is -0.466 e. The van der Waals surface area contributed by atoms with Crippen molar-refractivity contribution in [3.8, 4) is 0 Å². The Labute approximate surface area is 279 Å². The third-order valence-corrected chi connectivity index (χ3v) is 8.91. The molecule has 0 radical (unpaired) electrons. The summed E-state index contributed by atoms with van der Waals surface area (Å²) in [5, 5.41) is 22.6. The van der Waals surface area contributed by atoms with Crippen LogP contribution >= 0.6 is 0 Å². The molecule has 0 aromatic heterocycles. The maximum atomic E-state index is 13.2. The van der Waals surface area contributed by atoms with Crippen molar-refractivity contribution in [1.82, 2.24) is 0 Å². The Kier molecular flexibility index (Phi) is 16.3. The van der Waals surface area contributed by atoms with E-state index in [0.29, 0.717) is 51.9 Å². The molecule has 0 spiro atoms. The summed E-state index contributed by atoms with van der Waals surface area (Å²) in [4.78, 5) is 38.4. The van der Waals surface area contributed by atoms with Gasteiger partial charge in [-0.3, -0.25) is 9.59 Å². The molecule has 3 aliphatic rings. The van der Waals surface area contributed by atoms with E-state index in [9.17, 15) is 24.6 Å². The number of cyclic esters (lactones) is 1. The maximum absolute atomic E-state index is 13.2. The maximum Gasteiger partial charge on any atom is 0.330 e. The second-order valence-electron chi connectivity index (χ2n) is 13.2. The van der Waals surface area contributed by atoms with E-state index in [1.165, 1.54) is 13.2 Å². The summed E-state index contributed by atoms with van der Waals surface area (Å²) in [7, 11) is 1.23. The van der Waals surface area contributed by atoms with Gasteiger partial charge in [0.05, 0.1) is 32.5 Å². The van der Waals surface area contributed by atoms with E-state index < -0.39 is 60.3 Å². The van der Waals surface area contributed by atoms with Gasteiger partial charge in [0.25, 0.3) is 0 Å². The average molecular weight is 669 g/mol. The van der Waals surface area contributed by atoms with E-state index in [1.54, 1.807) is 26.0 Å². The number of carbonyl (C=O) groups excluding carboxylic acids is 3.